The van der Waals surface area contributed by atoms with E-state index in [9.17, 15) is 4.79 Å². The Morgan fingerprint density at radius 2 is 2.10 bits per heavy atom. The number of nitrogens with one attached hydrogen (secondary N) is 1. The summed E-state index contributed by atoms with van der Waals surface area (Å²) in [4.78, 5) is 16.4. The Labute approximate surface area is 122 Å². The Kier molecular flexibility index (Phi) is 3.55. The summed E-state index contributed by atoms with van der Waals surface area (Å²) < 4.78 is 7.12. The number of hydrogen-bond donors (Lipinski definition) is 1. The number of imidazole rings is 1. The second kappa shape index (κ2) is 5.66. The van der Waals surface area contributed by atoms with Gasteiger partial charge in [-0.2, -0.15) is 0 Å². The predicted octanol–water partition coefficient (Wildman–Crippen LogP) is 2.52. The van der Waals surface area contributed by atoms with Crippen molar-refractivity contribution in [3.8, 4) is 5.75 Å². The second-order valence-corrected chi connectivity index (χ2v) is 4.62. The van der Waals surface area contributed by atoms with Crippen LogP contribution in [0.4, 0.5) is 5.69 Å². The molecule has 0 unspecified atom stereocenters. The molecule has 0 spiro atoms. The fraction of sp³-hybridized carbons (Fsp3) is 0.125. The van der Waals surface area contributed by atoms with Gasteiger partial charge in [-0.1, -0.05) is 18.2 Å². The Hall–Kier alpha value is -2.82. The molecular weight excluding hydrogens is 266 g/mol. The fourth-order valence-electron chi connectivity index (χ4n) is 2.26. The maximum Gasteiger partial charge on any atom is 0.229 e. The molecule has 5 heteroatoms. The lowest BCUT2D eigenvalue weighted by molar-refractivity contribution is -0.115. The highest BCUT2D eigenvalue weighted by Gasteiger charge is 2.10. The molecular formula is C16H15N3O2. The molecule has 0 radical (unpaired) electrons. The molecule has 0 atom stereocenters. The first-order valence-corrected chi connectivity index (χ1v) is 6.61. The first kappa shape index (κ1) is 13.2. The van der Waals surface area contributed by atoms with Crippen molar-refractivity contribution in [3.05, 3.63) is 60.6 Å². The standard InChI is InChI=1S/C16H15N3O2/c1-21-14-7-3-2-5-12(14)11-15(20)18-13-6-4-9-19-10-8-17-16(13)19/h2-10H,11H2,1H3,(H,18,20). The van der Waals surface area contributed by atoms with Gasteiger partial charge in [0.15, 0.2) is 5.65 Å². The van der Waals surface area contributed by atoms with Crippen LogP contribution in [0.2, 0.25) is 0 Å². The summed E-state index contributed by atoms with van der Waals surface area (Å²) in [7, 11) is 1.60. The quantitative estimate of drug-likeness (QED) is 0.799. The van der Waals surface area contributed by atoms with E-state index in [-0.39, 0.29) is 12.3 Å². The van der Waals surface area contributed by atoms with Gasteiger partial charge >= 0.3 is 0 Å². The lowest BCUT2D eigenvalue weighted by atomic mass is 10.1. The minimum absolute atomic E-state index is 0.101. The minimum Gasteiger partial charge on any atom is -0.496 e. The van der Waals surface area contributed by atoms with Crippen LogP contribution in [-0.2, 0) is 11.2 Å². The molecule has 2 heterocycles. The van der Waals surface area contributed by atoms with E-state index in [1.165, 1.54) is 0 Å². The van der Waals surface area contributed by atoms with Gasteiger partial charge in [0, 0.05) is 24.2 Å². The molecule has 0 saturated carbocycles. The van der Waals surface area contributed by atoms with Gasteiger partial charge in [-0.15, -0.1) is 0 Å². The Morgan fingerprint density at radius 3 is 2.95 bits per heavy atom. The highest BCUT2D eigenvalue weighted by atomic mass is 16.5. The van der Waals surface area contributed by atoms with Gasteiger partial charge in [0.2, 0.25) is 5.91 Å². The third-order valence-corrected chi connectivity index (χ3v) is 3.24. The smallest absolute Gasteiger partial charge is 0.229 e. The fourth-order valence-corrected chi connectivity index (χ4v) is 2.26. The van der Waals surface area contributed by atoms with Crippen molar-refractivity contribution in [2.24, 2.45) is 0 Å². The first-order valence-electron chi connectivity index (χ1n) is 6.61. The van der Waals surface area contributed by atoms with Crippen LogP contribution in [0.1, 0.15) is 5.56 Å². The van der Waals surface area contributed by atoms with Crippen molar-refractivity contribution in [2.45, 2.75) is 6.42 Å². The van der Waals surface area contributed by atoms with Crippen LogP contribution in [0.25, 0.3) is 5.65 Å². The minimum atomic E-state index is -0.101. The normalized spacial score (nSPS) is 10.5. The highest BCUT2D eigenvalue weighted by molar-refractivity contribution is 5.95. The lowest BCUT2D eigenvalue weighted by Crippen LogP contribution is -2.15. The number of pyridine rings is 1. The number of methoxy groups -OCH3 is 1. The van der Waals surface area contributed by atoms with E-state index < -0.39 is 0 Å². The van der Waals surface area contributed by atoms with Crippen molar-refractivity contribution in [1.82, 2.24) is 9.38 Å². The van der Waals surface area contributed by atoms with Crippen molar-refractivity contribution in [1.29, 1.82) is 0 Å². The van der Waals surface area contributed by atoms with E-state index in [0.29, 0.717) is 11.4 Å². The van der Waals surface area contributed by atoms with E-state index >= 15 is 0 Å². The van der Waals surface area contributed by atoms with E-state index in [1.807, 2.05) is 53.2 Å². The van der Waals surface area contributed by atoms with Gasteiger partial charge < -0.3 is 14.5 Å². The molecule has 1 N–H and O–H groups in total. The largest absolute Gasteiger partial charge is 0.496 e. The summed E-state index contributed by atoms with van der Waals surface area (Å²) in [5.74, 6) is 0.613. The lowest BCUT2D eigenvalue weighted by Gasteiger charge is -2.09. The molecule has 0 fully saturated rings. The van der Waals surface area contributed by atoms with Crippen LogP contribution in [0, 0.1) is 0 Å². The number of fused-ring (bicyclic) bond motifs is 1. The zero-order chi connectivity index (χ0) is 14.7. The average molecular weight is 281 g/mol. The van der Waals surface area contributed by atoms with Crippen LogP contribution >= 0.6 is 0 Å². The molecule has 0 aliphatic rings. The molecule has 3 aromatic rings. The van der Waals surface area contributed by atoms with E-state index in [1.54, 1.807) is 13.3 Å². The van der Waals surface area contributed by atoms with Crippen LogP contribution in [0.3, 0.4) is 0 Å². The zero-order valence-corrected chi connectivity index (χ0v) is 11.6. The summed E-state index contributed by atoms with van der Waals surface area (Å²) in [5.41, 5.74) is 2.28. The summed E-state index contributed by atoms with van der Waals surface area (Å²) in [6.45, 7) is 0. The molecule has 2 aromatic heterocycles. The van der Waals surface area contributed by atoms with Crippen LogP contribution < -0.4 is 10.1 Å². The number of nitrogens with zero attached hydrogens (tertiary/aromatic N) is 2. The van der Waals surface area contributed by atoms with E-state index in [4.69, 9.17) is 4.74 Å². The molecule has 106 valence electrons. The van der Waals surface area contributed by atoms with Crippen molar-refractivity contribution >= 4 is 17.2 Å². The van der Waals surface area contributed by atoms with Crippen molar-refractivity contribution < 1.29 is 9.53 Å². The monoisotopic (exact) mass is 281 g/mol. The van der Waals surface area contributed by atoms with Gasteiger partial charge in [0.25, 0.3) is 0 Å². The third-order valence-electron chi connectivity index (χ3n) is 3.24. The van der Waals surface area contributed by atoms with Gasteiger partial charge in [-0.3, -0.25) is 4.79 Å². The number of carbonyl (C=O) groups is 1. The molecule has 0 aliphatic heterocycles. The number of amides is 1. The molecule has 1 aromatic carbocycles. The number of para-hydroxylation sites is 1. The molecule has 5 nitrogen and oxygen atoms in total. The molecule has 0 aliphatic carbocycles. The number of rotatable bonds is 4. The summed E-state index contributed by atoms with van der Waals surface area (Å²) in [5, 5.41) is 2.89. The zero-order valence-electron chi connectivity index (χ0n) is 11.6. The van der Waals surface area contributed by atoms with E-state index in [0.717, 1.165) is 11.2 Å². The number of aromatic nitrogens is 2. The molecule has 1 amide bonds. The van der Waals surface area contributed by atoms with Gasteiger partial charge in [0.05, 0.1) is 19.2 Å². The van der Waals surface area contributed by atoms with Crippen LogP contribution in [-0.4, -0.2) is 22.4 Å². The van der Waals surface area contributed by atoms with Gasteiger partial charge in [0.1, 0.15) is 5.75 Å². The summed E-state index contributed by atoms with van der Waals surface area (Å²) >= 11 is 0. The van der Waals surface area contributed by atoms with Crippen molar-refractivity contribution in [2.75, 3.05) is 12.4 Å². The Bertz CT molecular complexity index is 780. The number of anilines is 1. The third kappa shape index (κ3) is 2.72. The average Bonchev–Trinajstić information content (AvgIpc) is 2.97. The van der Waals surface area contributed by atoms with Crippen LogP contribution in [0.5, 0.6) is 5.75 Å². The van der Waals surface area contributed by atoms with Crippen molar-refractivity contribution in [3.63, 3.8) is 0 Å². The Morgan fingerprint density at radius 1 is 1.24 bits per heavy atom. The Balaban J connectivity index is 1.79. The van der Waals surface area contributed by atoms with Gasteiger partial charge in [-0.05, 0) is 18.2 Å². The molecule has 3 rings (SSSR count). The first-order chi connectivity index (χ1) is 10.3. The maximum atomic E-state index is 12.2. The van der Waals surface area contributed by atoms with Crippen LogP contribution in [0.15, 0.2) is 55.0 Å². The molecule has 0 bridgehead atoms. The molecule has 0 saturated heterocycles. The number of carbonyl (C=O) groups excluding carboxylic acids is 1. The predicted molar refractivity (Wildman–Crippen MR) is 80.5 cm³/mol. The number of ether oxygens (including phenoxy) is 1. The maximum absolute atomic E-state index is 12.2. The summed E-state index contributed by atoms with van der Waals surface area (Å²) in [6, 6.07) is 11.2. The van der Waals surface area contributed by atoms with E-state index in [2.05, 4.69) is 10.3 Å². The topological polar surface area (TPSA) is 55.6 Å². The highest BCUT2D eigenvalue weighted by Crippen LogP contribution is 2.19. The SMILES string of the molecule is COc1ccccc1CC(=O)Nc1cccn2ccnc12. The summed E-state index contributed by atoms with van der Waals surface area (Å²) in [6.07, 6.45) is 5.68. The van der Waals surface area contributed by atoms with Gasteiger partial charge in [-0.25, -0.2) is 4.98 Å². The molecule has 21 heavy (non-hydrogen) atoms. The number of benzene rings is 1. The number of hydrogen-bond acceptors (Lipinski definition) is 3. The second-order valence-electron chi connectivity index (χ2n) is 4.62.